The van der Waals surface area contributed by atoms with Gasteiger partial charge in [0.15, 0.2) is 0 Å². The monoisotopic (exact) mass is 949 g/mol. The Morgan fingerprint density at radius 3 is 2.07 bits per heavy atom. The Bertz CT molecular complexity index is 2520. The molecule has 5 rings (SSSR count). The van der Waals surface area contributed by atoms with Gasteiger partial charge >= 0.3 is 18.0 Å². The van der Waals surface area contributed by atoms with E-state index in [4.69, 9.17) is 18.6 Å². The third-order valence-electron chi connectivity index (χ3n) is 11.0. The number of ether oxygens (including phenoxy) is 3. The van der Waals surface area contributed by atoms with Crippen molar-refractivity contribution in [3.8, 4) is 11.5 Å². The molecule has 3 N–H and O–H groups in total. The summed E-state index contributed by atoms with van der Waals surface area (Å²) >= 11 is 1.19. The Labute approximate surface area is 402 Å². The van der Waals surface area contributed by atoms with Crippen molar-refractivity contribution in [3.05, 3.63) is 107 Å². The molecular weight excluding hydrogens is 887 g/mol. The summed E-state index contributed by atoms with van der Waals surface area (Å²) in [5, 5.41) is 26.0. The molecule has 0 unspecified atom stereocenters. The van der Waals surface area contributed by atoms with Gasteiger partial charge in [0, 0.05) is 41.4 Å². The zero-order chi connectivity index (χ0) is 48.8. The zero-order valence-electron chi connectivity index (χ0n) is 39.7. The van der Waals surface area contributed by atoms with Gasteiger partial charge in [0.1, 0.15) is 30.1 Å². The number of unbranched alkanes of at least 4 members (excludes halogenated alkanes) is 11. The van der Waals surface area contributed by atoms with E-state index in [1.807, 2.05) is 13.8 Å². The van der Waals surface area contributed by atoms with Crippen LogP contribution in [0.3, 0.4) is 0 Å². The summed E-state index contributed by atoms with van der Waals surface area (Å²) in [6.45, 7) is 7.87. The first-order valence-corrected chi connectivity index (χ1v) is 24.2. The van der Waals surface area contributed by atoms with Gasteiger partial charge in [-0.15, -0.1) is 10.2 Å². The van der Waals surface area contributed by atoms with E-state index in [-0.39, 0.29) is 59.2 Å². The van der Waals surface area contributed by atoms with E-state index < -0.39 is 23.9 Å². The SMILES string of the molecule is CCCCCCCCCCCCCCN(C(=O)Oc1ccc(CSc2nnc(CC(=O)OCC=C(C)C)o2)cc1C(=O)OC)c1cccc2c(O)c(C(=O)Nc3ccc(NC(C)=O)cc3)ccc12. The molecule has 0 saturated heterocycles. The number of nitrogens with zero attached hydrogens (tertiary/aromatic N) is 3. The average Bonchev–Trinajstić information content (AvgIpc) is 3.77. The van der Waals surface area contributed by atoms with Crippen molar-refractivity contribution in [2.24, 2.45) is 0 Å². The number of amides is 3. The average molecular weight is 950 g/mol. The van der Waals surface area contributed by atoms with Crippen LogP contribution in [0.4, 0.5) is 21.9 Å². The van der Waals surface area contributed by atoms with Crippen molar-refractivity contribution in [2.45, 2.75) is 122 Å². The van der Waals surface area contributed by atoms with Crippen LogP contribution in [0.25, 0.3) is 10.8 Å². The number of phenols is 1. The quantitative estimate of drug-likeness (QED) is 0.0205. The number of carbonyl (C=O) groups is 5. The number of nitrogens with one attached hydrogen (secondary N) is 2. The normalized spacial score (nSPS) is 10.9. The molecule has 0 aliphatic rings. The molecule has 15 nitrogen and oxygen atoms in total. The molecule has 0 aliphatic carbocycles. The molecule has 0 fully saturated rings. The molecule has 0 aliphatic heterocycles. The number of phenolic OH excluding ortho intramolecular Hbond substituents is 1. The van der Waals surface area contributed by atoms with E-state index >= 15 is 0 Å². The standard InChI is InChI=1S/C52H63N5O10S/c1-6-7-8-9-10-11-12-13-14-15-16-17-30-57(44-20-18-19-41-40(44)26-27-42(48(41)60)49(61)54-39-24-22-38(23-25-39)53-36(4)58)52(63)66-45-28-21-37(32-43(45)50(62)64-5)34-68-51-56-55-46(67-51)33-47(59)65-31-29-35(2)3/h18-29,32,60H,6-17,30-31,33-34H2,1-5H3,(H,53,58)(H,54,61). The third kappa shape index (κ3) is 16.3. The van der Waals surface area contributed by atoms with Crippen molar-refractivity contribution in [3.63, 3.8) is 0 Å². The van der Waals surface area contributed by atoms with Crippen LogP contribution in [0, 0.1) is 0 Å². The predicted molar refractivity (Wildman–Crippen MR) is 264 cm³/mol. The second-order valence-electron chi connectivity index (χ2n) is 16.7. The first kappa shape index (κ1) is 52.3. The van der Waals surface area contributed by atoms with Gasteiger partial charge in [-0.25, -0.2) is 9.59 Å². The number of aromatic nitrogens is 2. The zero-order valence-corrected chi connectivity index (χ0v) is 40.5. The minimum atomic E-state index is -0.755. The molecule has 1 heterocycles. The van der Waals surface area contributed by atoms with Crippen LogP contribution in [0.2, 0.25) is 0 Å². The van der Waals surface area contributed by atoms with Gasteiger partial charge in [0.2, 0.25) is 11.8 Å². The van der Waals surface area contributed by atoms with Gasteiger partial charge in [-0.1, -0.05) is 119 Å². The number of hydrogen-bond acceptors (Lipinski definition) is 13. The van der Waals surface area contributed by atoms with Gasteiger partial charge in [0.05, 0.1) is 18.4 Å². The van der Waals surface area contributed by atoms with Crippen LogP contribution >= 0.6 is 11.8 Å². The van der Waals surface area contributed by atoms with E-state index in [2.05, 4.69) is 27.8 Å². The molecule has 5 aromatic rings. The highest BCUT2D eigenvalue weighted by molar-refractivity contribution is 7.98. The molecule has 16 heteroatoms. The number of carbonyl (C=O) groups excluding carboxylic acids is 5. The van der Waals surface area contributed by atoms with Gasteiger partial charge in [-0.2, -0.15) is 0 Å². The maximum atomic E-state index is 14.4. The fourth-order valence-electron chi connectivity index (χ4n) is 7.37. The number of esters is 2. The van der Waals surface area contributed by atoms with Crippen molar-refractivity contribution in [1.29, 1.82) is 0 Å². The lowest BCUT2D eigenvalue weighted by Crippen LogP contribution is -2.35. The van der Waals surface area contributed by atoms with Crippen LogP contribution in [-0.2, 0) is 31.2 Å². The maximum Gasteiger partial charge on any atom is 0.419 e. The lowest BCUT2D eigenvalue weighted by molar-refractivity contribution is -0.142. The summed E-state index contributed by atoms with van der Waals surface area (Å²) < 4.78 is 21.9. The number of thioether (sulfide) groups is 1. The molecule has 362 valence electrons. The van der Waals surface area contributed by atoms with E-state index in [1.54, 1.807) is 66.7 Å². The van der Waals surface area contributed by atoms with Crippen LogP contribution in [0.15, 0.2) is 94.1 Å². The summed E-state index contributed by atoms with van der Waals surface area (Å²) in [6, 6.07) is 19.7. The number of fused-ring (bicyclic) bond motifs is 1. The molecule has 68 heavy (non-hydrogen) atoms. The molecule has 0 bridgehead atoms. The topological polar surface area (TPSA) is 199 Å². The summed E-state index contributed by atoms with van der Waals surface area (Å²) in [5.74, 6) is -1.89. The van der Waals surface area contributed by atoms with Crippen molar-refractivity contribution in [2.75, 3.05) is 35.8 Å². The number of hydrogen-bond donors (Lipinski definition) is 3. The van der Waals surface area contributed by atoms with Gasteiger partial charge in [-0.05, 0) is 80.4 Å². The number of anilines is 3. The van der Waals surface area contributed by atoms with E-state index in [0.29, 0.717) is 45.6 Å². The second kappa shape index (κ2) is 27.2. The number of aromatic hydroxyl groups is 1. The highest BCUT2D eigenvalue weighted by atomic mass is 32.2. The second-order valence-corrected chi connectivity index (χ2v) is 17.6. The minimum absolute atomic E-state index is 0.0190. The Hall–Kier alpha value is -6.68. The molecular formula is C52H63N5O10S. The molecule has 0 radical (unpaired) electrons. The summed E-state index contributed by atoms with van der Waals surface area (Å²) in [7, 11) is 1.24. The highest BCUT2D eigenvalue weighted by Gasteiger charge is 2.25. The Morgan fingerprint density at radius 1 is 0.765 bits per heavy atom. The lowest BCUT2D eigenvalue weighted by atomic mass is 10.0. The van der Waals surface area contributed by atoms with E-state index in [0.717, 1.165) is 31.3 Å². The smallest absolute Gasteiger partial charge is 0.419 e. The van der Waals surface area contributed by atoms with Crippen LogP contribution < -0.4 is 20.3 Å². The fourth-order valence-corrected chi connectivity index (χ4v) is 8.09. The summed E-state index contributed by atoms with van der Waals surface area (Å²) in [4.78, 5) is 66.1. The van der Waals surface area contributed by atoms with Crippen LogP contribution in [-0.4, -0.2) is 65.4 Å². The fraction of sp³-hybridized carbons (Fsp3) is 0.404. The van der Waals surface area contributed by atoms with Crippen LogP contribution in [0.5, 0.6) is 11.5 Å². The first-order chi connectivity index (χ1) is 32.9. The Morgan fingerprint density at radius 2 is 1.43 bits per heavy atom. The third-order valence-corrected chi connectivity index (χ3v) is 11.8. The van der Waals surface area contributed by atoms with Gasteiger partial charge in [-0.3, -0.25) is 19.3 Å². The highest BCUT2D eigenvalue weighted by Crippen LogP contribution is 2.36. The first-order valence-electron chi connectivity index (χ1n) is 23.2. The largest absolute Gasteiger partial charge is 0.506 e. The van der Waals surface area contributed by atoms with Gasteiger partial charge < -0.3 is 34.4 Å². The van der Waals surface area contributed by atoms with Crippen molar-refractivity contribution in [1.82, 2.24) is 10.2 Å². The number of methoxy groups -OCH3 is 1. The van der Waals surface area contributed by atoms with E-state index in [1.165, 1.54) is 87.8 Å². The summed E-state index contributed by atoms with van der Waals surface area (Å²) in [5.41, 5.74) is 3.20. The minimum Gasteiger partial charge on any atom is -0.506 e. The van der Waals surface area contributed by atoms with Crippen molar-refractivity contribution >= 4 is 69.4 Å². The Kier molecular flexibility index (Phi) is 20.9. The van der Waals surface area contributed by atoms with Crippen molar-refractivity contribution < 1.29 is 47.7 Å². The predicted octanol–water partition coefficient (Wildman–Crippen LogP) is 12.0. The molecule has 4 aromatic carbocycles. The number of benzene rings is 4. The van der Waals surface area contributed by atoms with Gasteiger partial charge in [0.25, 0.3) is 11.1 Å². The lowest BCUT2D eigenvalue weighted by Gasteiger charge is -2.24. The molecule has 0 saturated carbocycles. The molecule has 0 spiro atoms. The molecule has 1 aromatic heterocycles. The summed E-state index contributed by atoms with van der Waals surface area (Å²) in [6.07, 6.45) is 14.5. The Balaban J connectivity index is 1.32. The number of rotatable bonds is 26. The number of allylic oxidation sites excluding steroid dienone is 1. The van der Waals surface area contributed by atoms with E-state index in [9.17, 15) is 29.1 Å². The molecule has 3 amide bonds. The van der Waals surface area contributed by atoms with Crippen LogP contribution in [0.1, 0.15) is 137 Å². The maximum absolute atomic E-state index is 14.4. The molecule has 0 atom stereocenters.